The van der Waals surface area contributed by atoms with E-state index in [-0.39, 0.29) is 0 Å². The van der Waals surface area contributed by atoms with Crippen LogP contribution in [0, 0.1) is 13.8 Å². The van der Waals surface area contributed by atoms with Gasteiger partial charge >= 0.3 is 0 Å². The van der Waals surface area contributed by atoms with Crippen LogP contribution in [0.2, 0.25) is 0 Å². The quantitative estimate of drug-likeness (QED) is 0.736. The molecule has 0 bridgehead atoms. The molecule has 0 saturated heterocycles. The number of pyridine rings is 1. The van der Waals surface area contributed by atoms with E-state index in [0.717, 1.165) is 17.2 Å². The highest BCUT2D eigenvalue weighted by Crippen LogP contribution is 2.26. The Morgan fingerprint density at radius 1 is 1.05 bits per heavy atom. The van der Waals surface area contributed by atoms with Crippen LogP contribution in [0.25, 0.3) is 5.65 Å². The van der Waals surface area contributed by atoms with Crippen LogP contribution in [0.1, 0.15) is 11.1 Å². The summed E-state index contributed by atoms with van der Waals surface area (Å²) in [5.74, 6) is 1.55. The van der Waals surface area contributed by atoms with Gasteiger partial charge in [-0.15, -0.1) is 0 Å². The summed E-state index contributed by atoms with van der Waals surface area (Å²) in [7, 11) is 0. The zero-order chi connectivity index (χ0) is 13.4. The third-order valence-electron chi connectivity index (χ3n) is 3.29. The molecule has 3 aromatic rings. The van der Waals surface area contributed by atoms with Crippen LogP contribution in [0.4, 0.5) is 17.3 Å². The maximum Gasteiger partial charge on any atom is 0.139 e. The molecule has 1 aromatic carbocycles. The van der Waals surface area contributed by atoms with Crippen molar-refractivity contribution in [3.8, 4) is 0 Å². The number of benzene rings is 1. The standard InChI is InChI=1S/C15H16N4/c1-10-5-3-6-11(2)15(10)18-14-9-17-13-8-4-7-12(16)19(13)14/h3-9,18H,16H2,1-2H3. The van der Waals surface area contributed by atoms with E-state index in [1.54, 1.807) is 6.20 Å². The molecule has 0 aliphatic heterocycles. The number of nitrogens with one attached hydrogen (secondary N) is 1. The largest absolute Gasteiger partial charge is 0.385 e. The number of rotatable bonds is 2. The molecule has 0 unspecified atom stereocenters. The fourth-order valence-electron chi connectivity index (χ4n) is 2.29. The molecule has 0 atom stereocenters. The first-order valence-corrected chi connectivity index (χ1v) is 6.22. The van der Waals surface area contributed by atoms with Crippen molar-refractivity contribution in [1.29, 1.82) is 0 Å². The number of nitrogens with two attached hydrogens (primary N) is 1. The van der Waals surface area contributed by atoms with Crippen LogP contribution < -0.4 is 11.1 Å². The van der Waals surface area contributed by atoms with Crippen LogP contribution in [0.3, 0.4) is 0 Å². The minimum absolute atomic E-state index is 0.670. The van der Waals surface area contributed by atoms with Gasteiger partial charge in [-0.1, -0.05) is 24.3 Å². The SMILES string of the molecule is Cc1cccc(C)c1Nc1cnc2cccc(N)n12. The number of nitrogens with zero attached hydrogens (tertiary/aromatic N) is 2. The Hall–Kier alpha value is -2.49. The first-order valence-electron chi connectivity index (χ1n) is 6.22. The Bertz CT molecular complexity index is 723. The molecule has 0 saturated carbocycles. The lowest BCUT2D eigenvalue weighted by molar-refractivity contribution is 1.19. The Labute approximate surface area is 111 Å². The summed E-state index contributed by atoms with van der Waals surface area (Å²) in [4.78, 5) is 4.36. The highest BCUT2D eigenvalue weighted by Gasteiger charge is 2.08. The fraction of sp³-hybridized carbons (Fsp3) is 0.133. The highest BCUT2D eigenvalue weighted by molar-refractivity contribution is 5.68. The summed E-state index contributed by atoms with van der Waals surface area (Å²) < 4.78 is 1.91. The Morgan fingerprint density at radius 2 is 1.74 bits per heavy atom. The molecule has 0 aliphatic carbocycles. The lowest BCUT2D eigenvalue weighted by Gasteiger charge is -2.12. The average molecular weight is 252 g/mol. The van der Waals surface area contributed by atoms with Gasteiger partial charge in [-0.05, 0) is 37.1 Å². The van der Waals surface area contributed by atoms with Gasteiger partial charge in [-0.2, -0.15) is 0 Å². The minimum atomic E-state index is 0.670. The number of aryl methyl sites for hydroxylation is 2. The fourth-order valence-corrected chi connectivity index (χ4v) is 2.29. The monoisotopic (exact) mass is 252 g/mol. The first kappa shape index (κ1) is 11.6. The van der Waals surface area contributed by atoms with Gasteiger partial charge in [0.05, 0.1) is 6.20 Å². The molecule has 4 heteroatoms. The molecule has 4 nitrogen and oxygen atoms in total. The van der Waals surface area contributed by atoms with E-state index in [9.17, 15) is 0 Å². The summed E-state index contributed by atoms with van der Waals surface area (Å²) in [5, 5.41) is 3.42. The highest BCUT2D eigenvalue weighted by atomic mass is 15.2. The van der Waals surface area contributed by atoms with Gasteiger partial charge in [0.1, 0.15) is 17.3 Å². The normalized spacial score (nSPS) is 10.8. The van der Waals surface area contributed by atoms with Crippen molar-refractivity contribution in [2.75, 3.05) is 11.1 Å². The second kappa shape index (κ2) is 4.31. The molecule has 2 heterocycles. The summed E-state index contributed by atoms with van der Waals surface area (Å²) in [6.07, 6.45) is 1.80. The Kier molecular flexibility index (Phi) is 2.63. The number of hydrogen-bond acceptors (Lipinski definition) is 3. The van der Waals surface area contributed by atoms with E-state index in [1.807, 2.05) is 22.6 Å². The van der Waals surface area contributed by atoms with E-state index in [0.29, 0.717) is 5.82 Å². The summed E-state index contributed by atoms with van der Waals surface area (Å²) in [6, 6.07) is 11.9. The lowest BCUT2D eigenvalue weighted by Crippen LogP contribution is -2.02. The maximum atomic E-state index is 6.01. The molecule has 3 N–H and O–H groups in total. The van der Waals surface area contributed by atoms with Crippen molar-refractivity contribution >= 4 is 23.0 Å². The molecule has 2 aromatic heterocycles. The van der Waals surface area contributed by atoms with Crippen LogP contribution in [-0.4, -0.2) is 9.38 Å². The molecule has 19 heavy (non-hydrogen) atoms. The molecule has 0 spiro atoms. The Balaban J connectivity index is 2.12. The van der Waals surface area contributed by atoms with Gasteiger partial charge in [0, 0.05) is 5.69 Å². The predicted molar refractivity (Wildman–Crippen MR) is 78.8 cm³/mol. The molecule has 0 radical (unpaired) electrons. The number of fused-ring (bicyclic) bond motifs is 1. The zero-order valence-corrected chi connectivity index (χ0v) is 11.0. The number of para-hydroxylation sites is 1. The topological polar surface area (TPSA) is 55.3 Å². The van der Waals surface area contributed by atoms with Crippen LogP contribution in [0.15, 0.2) is 42.6 Å². The third-order valence-corrected chi connectivity index (χ3v) is 3.29. The average Bonchev–Trinajstić information content (AvgIpc) is 2.79. The molecular weight excluding hydrogens is 236 g/mol. The summed E-state index contributed by atoms with van der Waals surface area (Å²) >= 11 is 0. The summed E-state index contributed by atoms with van der Waals surface area (Å²) in [6.45, 7) is 4.17. The minimum Gasteiger partial charge on any atom is -0.385 e. The van der Waals surface area contributed by atoms with E-state index in [2.05, 4.69) is 42.3 Å². The second-order valence-corrected chi connectivity index (χ2v) is 4.68. The second-order valence-electron chi connectivity index (χ2n) is 4.68. The van der Waals surface area contributed by atoms with Crippen LogP contribution in [-0.2, 0) is 0 Å². The lowest BCUT2D eigenvalue weighted by atomic mass is 10.1. The molecule has 96 valence electrons. The van der Waals surface area contributed by atoms with E-state index < -0.39 is 0 Å². The van der Waals surface area contributed by atoms with Gasteiger partial charge in [0.25, 0.3) is 0 Å². The zero-order valence-electron chi connectivity index (χ0n) is 11.0. The Morgan fingerprint density at radius 3 is 2.47 bits per heavy atom. The van der Waals surface area contributed by atoms with Gasteiger partial charge in [0.15, 0.2) is 0 Å². The molecule has 3 rings (SSSR count). The van der Waals surface area contributed by atoms with Crippen molar-refractivity contribution in [1.82, 2.24) is 9.38 Å². The molecule has 0 fully saturated rings. The van der Waals surface area contributed by atoms with Crippen molar-refractivity contribution < 1.29 is 0 Å². The number of aromatic nitrogens is 2. The van der Waals surface area contributed by atoms with Crippen molar-refractivity contribution in [2.24, 2.45) is 0 Å². The van der Waals surface area contributed by atoms with Crippen LogP contribution in [0.5, 0.6) is 0 Å². The number of imidazole rings is 1. The van der Waals surface area contributed by atoms with Gasteiger partial charge in [0.2, 0.25) is 0 Å². The van der Waals surface area contributed by atoms with Gasteiger partial charge in [-0.25, -0.2) is 4.98 Å². The number of hydrogen-bond donors (Lipinski definition) is 2. The van der Waals surface area contributed by atoms with Crippen molar-refractivity contribution in [2.45, 2.75) is 13.8 Å². The predicted octanol–water partition coefficient (Wildman–Crippen LogP) is 3.28. The van der Waals surface area contributed by atoms with Crippen molar-refractivity contribution in [3.63, 3.8) is 0 Å². The number of anilines is 3. The van der Waals surface area contributed by atoms with E-state index in [4.69, 9.17) is 5.73 Å². The van der Waals surface area contributed by atoms with Crippen LogP contribution >= 0.6 is 0 Å². The number of nitrogen functional groups attached to an aromatic ring is 1. The maximum absolute atomic E-state index is 6.01. The van der Waals surface area contributed by atoms with E-state index in [1.165, 1.54) is 11.1 Å². The van der Waals surface area contributed by atoms with Gasteiger partial charge in [-0.3, -0.25) is 4.40 Å². The third kappa shape index (κ3) is 1.91. The molecule has 0 aliphatic rings. The summed E-state index contributed by atoms with van der Waals surface area (Å²) in [5.41, 5.74) is 10.4. The molecular formula is C15H16N4. The van der Waals surface area contributed by atoms with E-state index >= 15 is 0 Å². The van der Waals surface area contributed by atoms with Gasteiger partial charge < -0.3 is 11.1 Å². The molecule has 0 amide bonds. The first-order chi connectivity index (χ1) is 9.16. The smallest absolute Gasteiger partial charge is 0.139 e. The van der Waals surface area contributed by atoms with Crippen molar-refractivity contribution in [3.05, 3.63) is 53.7 Å².